The molecule has 0 heterocycles. The molecule has 0 radical (unpaired) electrons. The predicted octanol–water partition coefficient (Wildman–Crippen LogP) is 3.85. The zero-order valence-electron chi connectivity index (χ0n) is 11.2. The number of carbonyl (C=O) groups excluding carboxylic acids is 1. The second-order valence-electron chi connectivity index (χ2n) is 6.08. The van der Waals surface area contributed by atoms with E-state index in [4.69, 9.17) is 0 Å². The van der Waals surface area contributed by atoms with Gasteiger partial charge in [0.15, 0.2) is 0 Å². The summed E-state index contributed by atoms with van der Waals surface area (Å²) in [5, 5.41) is 3.22. The van der Waals surface area contributed by atoms with Crippen molar-refractivity contribution in [2.75, 3.05) is 0 Å². The Balaban J connectivity index is 1.65. The molecule has 0 spiro atoms. The third kappa shape index (κ3) is 2.67. The summed E-state index contributed by atoms with van der Waals surface area (Å²) < 4.78 is 1.03. The molecule has 0 unspecified atom stereocenters. The first-order valence-corrected chi connectivity index (χ1v) is 8.28. The Labute approximate surface area is 128 Å². The first-order valence-electron chi connectivity index (χ1n) is 7.20. The van der Waals surface area contributed by atoms with Gasteiger partial charge in [-0.3, -0.25) is 4.79 Å². The van der Waals surface area contributed by atoms with Gasteiger partial charge in [-0.25, -0.2) is 0 Å². The lowest BCUT2D eigenvalue weighted by atomic mass is 9.84. The minimum atomic E-state index is 0.0836. The molecule has 19 heavy (non-hydrogen) atoms. The van der Waals surface area contributed by atoms with E-state index < -0.39 is 0 Å². The van der Waals surface area contributed by atoms with Gasteiger partial charge in [0.25, 0.3) is 5.91 Å². The van der Waals surface area contributed by atoms with Crippen LogP contribution in [0.15, 0.2) is 24.3 Å². The molecule has 0 saturated heterocycles. The minimum Gasteiger partial charge on any atom is -0.349 e. The van der Waals surface area contributed by atoms with Gasteiger partial charge >= 0.3 is 0 Å². The zero-order chi connectivity index (χ0) is 13.4. The minimum absolute atomic E-state index is 0.0836. The van der Waals surface area contributed by atoms with Crippen LogP contribution in [0, 0.1) is 21.3 Å². The Morgan fingerprint density at radius 2 is 2.11 bits per heavy atom. The fourth-order valence-electron chi connectivity index (χ4n) is 3.94. The lowest BCUT2D eigenvalue weighted by Gasteiger charge is -2.28. The van der Waals surface area contributed by atoms with Crippen molar-refractivity contribution in [2.24, 2.45) is 17.8 Å². The number of fused-ring (bicyclic) bond motifs is 2. The van der Waals surface area contributed by atoms with Gasteiger partial charge < -0.3 is 5.32 Å². The second-order valence-corrected chi connectivity index (χ2v) is 7.24. The van der Waals surface area contributed by atoms with Crippen LogP contribution in [0.5, 0.6) is 0 Å². The molecule has 3 heteroatoms. The summed E-state index contributed by atoms with van der Waals surface area (Å²) in [4.78, 5) is 12.3. The maximum atomic E-state index is 12.3. The molecule has 2 aliphatic rings. The van der Waals surface area contributed by atoms with Crippen LogP contribution in [-0.2, 0) is 0 Å². The molecule has 1 amide bonds. The number of nitrogens with one attached hydrogen (secondary N) is 1. The van der Waals surface area contributed by atoms with Crippen LogP contribution in [0.3, 0.4) is 0 Å². The lowest BCUT2D eigenvalue weighted by Crippen LogP contribution is -2.40. The topological polar surface area (TPSA) is 29.1 Å². The van der Waals surface area contributed by atoms with Gasteiger partial charge in [0.05, 0.1) is 5.56 Å². The van der Waals surface area contributed by atoms with Crippen LogP contribution in [0.4, 0.5) is 0 Å². The number of halogens is 1. The van der Waals surface area contributed by atoms with Crippen molar-refractivity contribution < 1.29 is 4.79 Å². The van der Waals surface area contributed by atoms with Crippen molar-refractivity contribution in [1.82, 2.24) is 5.32 Å². The molecular weight excluding hydrogens is 349 g/mol. The molecule has 2 bridgehead atoms. The van der Waals surface area contributed by atoms with Crippen molar-refractivity contribution in [3.63, 3.8) is 0 Å². The van der Waals surface area contributed by atoms with E-state index in [1.807, 2.05) is 24.3 Å². The van der Waals surface area contributed by atoms with Crippen LogP contribution in [0.1, 0.15) is 43.0 Å². The molecule has 102 valence electrons. The molecule has 4 atom stereocenters. The van der Waals surface area contributed by atoms with E-state index in [2.05, 4.69) is 34.8 Å². The molecule has 2 fully saturated rings. The van der Waals surface area contributed by atoms with Crippen molar-refractivity contribution in [3.05, 3.63) is 33.4 Å². The Morgan fingerprint density at radius 1 is 1.32 bits per heavy atom. The van der Waals surface area contributed by atoms with E-state index in [0.29, 0.717) is 12.0 Å². The van der Waals surface area contributed by atoms with Crippen molar-refractivity contribution in [2.45, 2.75) is 38.6 Å². The van der Waals surface area contributed by atoms with Gasteiger partial charge in [-0.05, 0) is 78.7 Å². The number of hydrogen-bond donors (Lipinski definition) is 1. The Hall–Kier alpha value is -0.580. The van der Waals surface area contributed by atoms with E-state index in [0.717, 1.165) is 21.0 Å². The van der Waals surface area contributed by atoms with Gasteiger partial charge in [-0.2, -0.15) is 0 Å². The third-order valence-corrected chi connectivity index (χ3v) is 5.85. The molecule has 2 nitrogen and oxygen atoms in total. The summed E-state index contributed by atoms with van der Waals surface area (Å²) in [7, 11) is 0. The number of rotatable bonds is 3. The SMILES string of the molecule is C[C@@H](NC(=O)c1ccccc1I)[C@@H]1C[C@@H]2CC[C@@H]1C2. The maximum Gasteiger partial charge on any atom is 0.252 e. The van der Waals surface area contributed by atoms with Gasteiger partial charge in [0.2, 0.25) is 0 Å². The zero-order valence-corrected chi connectivity index (χ0v) is 13.4. The molecule has 3 rings (SSSR count). The van der Waals surface area contributed by atoms with E-state index >= 15 is 0 Å². The molecule has 0 aromatic heterocycles. The molecule has 2 aliphatic carbocycles. The van der Waals surface area contributed by atoms with Gasteiger partial charge in [0.1, 0.15) is 0 Å². The largest absolute Gasteiger partial charge is 0.349 e. The first kappa shape index (κ1) is 13.4. The standard InChI is InChI=1S/C16H20INO/c1-10(14-9-11-6-7-12(14)8-11)18-16(19)13-4-2-3-5-15(13)17/h2-5,10-12,14H,6-9H2,1H3,(H,18,19)/t10-,11-,12-,14+/m1/s1. The summed E-state index contributed by atoms with van der Waals surface area (Å²) >= 11 is 2.23. The van der Waals surface area contributed by atoms with Gasteiger partial charge in [0, 0.05) is 9.61 Å². The third-order valence-electron chi connectivity index (χ3n) is 4.91. The Kier molecular flexibility index (Phi) is 3.83. The smallest absolute Gasteiger partial charge is 0.252 e. The van der Waals surface area contributed by atoms with Crippen molar-refractivity contribution in [1.29, 1.82) is 0 Å². The summed E-state index contributed by atoms with van der Waals surface area (Å²) in [6.45, 7) is 2.18. The van der Waals surface area contributed by atoms with Crippen molar-refractivity contribution in [3.8, 4) is 0 Å². The van der Waals surface area contributed by atoms with Crippen molar-refractivity contribution >= 4 is 28.5 Å². The maximum absolute atomic E-state index is 12.3. The van der Waals surface area contributed by atoms with E-state index in [1.165, 1.54) is 25.7 Å². The highest BCUT2D eigenvalue weighted by molar-refractivity contribution is 14.1. The quantitative estimate of drug-likeness (QED) is 0.806. The summed E-state index contributed by atoms with van der Waals surface area (Å²) in [5.74, 6) is 2.57. The van der Waals surface area contributed by atoms with E-state index in [-0.39, 0.29) is 5.91 Å². The van der Waals surface area contributed by atoms with E-state index in [9.17, 15) is 4.79 Å². The molecule has 1 aromatic carbocycles. The van der Waals surface area contributed by atoms with E-state index in [1.54, 1.807) is 0 Å². The molecule has 1 aromatic rings. The summed E-state index contributed by atoms with van der Waals surface area (Å²) in [6, 6.07) is 8.10. The number of benzene rings is 1. The molecule has 0 aliphatic heterocycles. The molecule has 2 saturated carbocycles. The average molecular weight is 369 g/mol. The molecule has 1 N–H and O–H groups in total. The monoisotopic (exact) mass is 369 g/mol. The normalized spacial score (nSPS) is 30.3. The van der Waals surface area contributed by atoms with Crippen LogP contribution < -0.4 is 5.32 Å². The fourth-order valence-corrected chi connectivity index (χ4v) is 4.58. The highest BCUT2D eigenvalue weighted by Gasteiger charge is 2.42. The van der Waals surface area contributed by atoms with Gasteiger partial charge in [-0.1, -0.05) is 18.6 Å². The number of carbonyl (C=O) groups is 1. The Morgan fingerprint density at radius 3 is 2.74 bits per heavy atom. The van der Waals surface area contributed by atoms with Crippen LogP contribution in [-0.4, -0.2) is 11.9 Å². The lowest BCUT2D eigenvalue weighted by molar-refractivity contribution is 0.0914. The second kappa shape index (κ2) is 5.43. The summed E-state index contributed by atoms with van der Waals surface area (Å²) in [6.07, 6.45) is 5.50. The number of amides is 1. The Bertz CT molecular complexity index is 487. The molecular formula is C16H20INO. The highest BCUT2D eigenvalue weighted by Crippen LogP contribution is 2.49. The van der Waals surface area contributed by atoms with Crippen LogP contribution in [0.25, 0.3) is 0 Å². The van der Waals surface area contributed by atoms with Crippen LogP contribution >= 0.6 is 22.6 Å². The predicted molar refractivity (Wildman–Crippen MR) is 85.0 cm³/mol. The van der Waals surface area contributed by atoms with Crippen LogP contribution in [0.2, 0.25) is 0 Å². The highest BCUT2D eigenvalue weighted by atomic mass is 127. The first-order chi connectivity index (χ1) is 9.15. The number of hydrogen-bond acceptors (Lipinski definition) is 1. The van der Waals surface area contributed by atoms with Gasteiger partial charge in [-0.15, -0.1) is 0 Å². The fraction of sp³-hybridized carbons (Fsp3) is 0.562. The average Bonchev–Trinajstić information content (AvgIpc) is 3.01. The summed E-state index contributed by atoms with van der Waals surface area (Å²) in [5.41, 5.74) is 0.804.